The molecule has 1 unspecified atom stereocenters. The van der Waals surface area contributed by atoms with Gasteiger partial charge in [-0.05, 0) is 30.9 Å². The fraction of sp³-hybridized carbons (Fsp3) is 0.619. The molecule has 0 aromatic carbocycles. The molecule has 0 spiro atoms. The molecule has 0 saturated carbocycles. The van der Waals surface area contributed by atoms with Crippen molar-refractivity contribution in [2.75, 3.05) is 12.8 Å². The summed E-state index contributed by atoms with van der Waals surface area (Å²) in [5, 5.41) is 35.9. The van der Waals surface area contributed by atoms with Gasteiger partial charge >= 0.3 is 5.97 Å². The van der Waals surface area contributed by atoms with Gasteiger partial charge in [-0.15, -0.1) is 0 Å². The van der Waals surface area contributed by atoms with E-state index in [1.165, 1.54) is 18.0 Å². The monoisotopic (exact) mass is 431 g/mol. The summed E-state index contributed by atoms with van der Waals surface area (Å²) in [6, 6.07) is 5.33. The summed E-state index contributed by atoms with van der Waals surface area (Å²) in [5.74, 6) is -0.0615. The van der Waals surface area contributed by atoms with Gasteiger partial charge < -0.3 is 25.4 Å². The Balaban J connectivity index is 1.77. The second-order valence-corrected chi connectivity index (χ2v) is 7.87. The first kappa shape index (κ1) is 22.9. The molecule has 0 radical (unpaired) electrons. The number of esters is 1. The number of nitrogens with zero attached hydrogens (tertiary/aromatic N) is 4. The molecule has 3 heterocycles. The lowest BCUT2D eigenvalue weighted by Crippen LogP contribution is -2.41. The minimum Gasteiger partial charge on any atom is -0.469 e. The second kappa shape index (κ2) is 9.60. The van der Waals surface area contributed by atoms with Gasteiger partial charge in [-0.1, -0.05) is 26.2 Å². The molecule has 0 amide bonds. The third-order valence-corrected chi connectivity index (χ3v) is 6.10. The van der Waals surface area contributed by atoms with E-state index < -0.39 is 23.9 Å². The number of carbonyl (C=O) groups excluding carboxylic acids is 1. The number of unbranched alkanes of at least 4 members (excludes halogenated alkanes) is 2. The Labute approximate surface area is 180 Å². The molecule has 1 saturated heterocycles. The number of fused-ring (bicyclic) bond motifs is 1. The van der Waals surface area contributed by atoms with Crippen molar-refractivity contribution in [2.45, 2.75) is 69.4 Å². The Morgan fingerprint density at radius 1 is 1.42 bits per heavy atom. The number of aliphatic hydroxyl groups excluding tert-OH is 2. The Bertz CT molecular complexity index is 957. The maximum atomic E-state index is 11.2. The second-order valence-electron chi connectivity index (χ2n) is 7.87. The molecule has 3 rings (SSSR count). The van der Waals surface area contributed by atoms with Gasteiger partial charge in [0.2, 0.25) is 5.60 Å². The van der Waals surface area contributed by atoms with Crippen LogP contribution < -0.4 is 5.73 Å². The number of anilines is 1. The molecule has 2 aromatic rings. The first-order chi connectivity index (χ1) is 14.9. The summed E-state index contributed by atoms with van der Waals surface area (Å²) in [4.78, 5) is 15.2. The van der Waals surface area contributed by atoms with Crippen LogP contribution in [-0.4, -0.2) is 56.2 Å². The highest BCUT2D eigenvalue weighted by Crippen LogP contribution is 2.43. The number of aromatic nitrogens is 3. The molecule has 4 N–H and O–H groups in total. The zero-order valence-corrected chi connectivity index (χ0v) is 17.8. The van der Waals surface area contributed by atoms with Crippen molar-refractivity contribution in [1.29, 1.82) is 5.26 Å². The Kier molecular flexibility index (Phi) is 7.10. The van der Waals surface area contributed by atoms with Crippen molar-refractivity contribution in [3.63, 3.8) is 0 Å². The van der Waals surface area contributed by atoms with E-state index in [2.05, 4.69) is 20.9 Å². The van der Waals surface area contributed by atoms with Gasteiger partial charge in [0.25, 0.3) is 0 Å². The number of nitrogen functional groups attached to an aromatic ring is 1. The fourth-order valence-corrected chi connectivity index (χ4v) is 4.30. The zero-order valence-electron chi connectivity index (χ0n) is 17.8. The Hall–Kier alpha value is -2.74. The summed E-state index contributed by atoms with van der Waals surface area (Å²) in [6.07, 6.45) is 2.05. The van der Waals surface area contributed by atoms with Crippen LogP contribution in [0.5, 0.6) is 0 Å². The standard InChI is InChI=1S/C21H29N5O5/c1-3-13(7-5-4-6-8-16(27)30-2)18-17(28)19(29)21(11-22,31-18)15-10-9-14-20(23)24-12-25-26(14)15/h9-10,12-13,17-19,28-29H,3-8H2,1-2H3,(H2,23,24,25)/t13?,17-,18-,19-,21+/m1/s1. The highest BCUT2D eigenvalue weighted by atomic mass is 16.6. The minimum atomic E-state index is -1.78. The van der Waals surface area contributed by atoms with Crippen LogP contribution in [0.2, 0.25) is 0 Å². The fourth-order valence-electron chi connectivity index (χ4n) is 4.30. The molecule has 1 aliphatic rings. The molecular formula is C21H29N5O5. The molecule has 1 aliphatic heterocycles. The molecule has 2 aromatic heterocycles. The maximum absolute atomic E-state index is 11.2. The van der Waals surface area contributed by atoms with Crippen LogP contribution in [0.15, 0.2) is 18.5 Å². The van der Waals surface area contributed by atoms with E-state index in [-0.39, 0.29) is 17.7 Å². The number of nitrogens with two attached hydrogens (primary N) is 1. The molecule has 0 aliphatic carbocycles. The summed E-state index contributed by atoms with van der Waals surface area (Å²) < 4.78 is 12.2. The highest BCUT2D eigenvalue weighted by molar-refractivity contribution is 5.69. The highest BCUT2D eigenvalue weighted by Gasteiger charge is 2.58. The van der Waals surface area contributed by atoms with Crippen LogP contribution in [0.1, 0.15) is 51.1 Å². The first-order valence-electron chi connectivity index (χ1n) is 10.5. The van der Waals surface area contributed by atoms with E-state index in [0.29, 0.717) is 24.1 Å². The number of hydrogen-bond donors (Lipinski definition) is 3. The lowest BCUT2D eigenvalue weighted by Gasteiger charge is -2.26. The van der Waals surface area contributed by atoms with E-state index in [9.17, 15) is 20.3 Å². The zero-order chi connectivity index (χ0) is 22.6. The Morgan fingerprint density at radius 3 is 2.87 bits per heavy atom. The predicted octanol–water partition coefficient (Wildman–Crippen LogP) is 1.30. The molecule has 0 bridgehead atoms. The lowest BCUT2D eigenvalue weighted by atomic mass is 9.87. The molecule has 10 heteroatoms. The van der Waals surface area contributed by atoms with E-state index in [1.807, 2.05) is 6.92 Å². The topological polar surface area (TPSA) is 156 Å². The van der Waals surface area contributed by atoms with Gasteiger partial charge in [0, 0.05) is 6.42 Å². The minimum absolute atomic E-state index is 0.0658. The first-order valence-corrected chi connectivity index (χ1v) is 10.5. The lowest BCUT2D eigenvalue weighted by molar-refractivity contribution is -0.140. The van der Waals surface area contributed by atoms with E-state index in [0.717, 1.165) is 25.7 Å². The molecular weight excluding hydrogens is 402 g/mol. The quantitative estimate of drug-likeness (QED) is 0.393. The van der Waals surface area contributed by atoms with Crippen molar-refractivity contribution < 1.29 is 24.5 Å². The van der Waals surface area contributed by atoms with E-state index in [1.54, 1.807) is 12.1 Å². The van der Waals surface area contributed by atoms with Crippen LogP contribution in [-0.2, 0) is 19.9 Å². The van der Waals surface area contributed by atoms with Crippen molar-refractivity contribution in [3.05, 3.63) is 24.2 Å². The average molecular weight is 431 g/mol. The van der Waals surface area contributed by atoms with E-state index in [4.69, 9.17) is 10.5 Å². The number of ether oxygens (including phenoxy) is 2. The number of methoxy groups -OCH3 is 1. The molecule has 10 nitrogen and oxygen atoms in total. The van der Waals surface area contributed by atoms with Gasteiger partial charge in [0.05, 0.1) is 18.9 Å². The van der Waals surface area contributed by atoms with Crippen molar-refractivity contribution in [1.82, 2.24) is 14.6 Å². The van der Waals surface area contributed by atoms with Gasteiger partial charge in [-0.2, -0.15) is 10.4 Å². The van der Waals surface area contributed by atoms with Crippen molar-refractivity contribution >= 4 is 17.3 Å². The predicted molar refractivity (Wildman–Crippen MR) is 110 cm³/mol. The number of carbonyl (C=O) groups is 1. The van der Waals surface area contributed by atoms with Gasteiger partial charge in [-0.3, -0.25) is 4.79 Å². The van der Waals surface area contributed by atoms with Crippen LogP contribution in [0.3, 0.4) is 0 Å². The number of nitriles is 1. The summed E-state index contributed by atoms with van der Waals surface area (Å²) in [5.41, 5.74) is 4.88. The van der Waals surface area contributed by atoms with Gasteiger partial charge in [-0.25, -0.2) is 9.50 Å². The SMILES string of the molecule is CCC(CCCCCC(=O)OC)[C@H]1O[C@@](C#N)(c2ccc3c(N)ncnn23)[C@H](O)[C@@H]1O. The third kappa shape index (κ3) is 4.21. The van der Waals surface area contributed by atoms with Crippen LogP contribution in [0.25, 0.3) is 5.52 Å². The number of rotatable bonds is 9. The van der Waals surface area contributed by atoms with Crippen LogP contribution in [0.4, 0.5) is 5.82 Å². The number of hydrogen-bond acceptors (Lipinski definition) is 9. The summed E-state index contributed by atoms with van der Waals surface area (Å²) in [7, 11) is 1.37. The normalized spacial score (nSPS) is 26.6. The summed E-state index contributed by atoms with van der Waals surface area (Å²) >= 11 is 0. The average Bonchev–Trinajstić information content (AvgIpc) is 3.32. The molecule has 31 heavy (non-hydrogen) atoms. The molecule has 168 valence electrons. The van der Waals surface area contributed by atoms with Crippen molar-refractivity contribution in [2.24, 2.45) is 5.92 Å². The van der Waals surface area contributed by atoms with Gasteiger partial charge in [0.1, 0.15) is 30.1 Å². The van der Waals surface area contributed by atoms with Crippen LogP contribution >= 0.6 is 0 Å². The summed E-state index contributed by atoms with van der Waals surface area (Å²) in [6.45, 7) is 1.98. The molecule has 5 atom stereocenters. The van der Waals surface area contributed by atoms with E-state index >= 15 is 0 Å². The van der Waals surface area contributed by atoms with Crippen molar-refractivity contribution in [3.8, 4) is 6.07 Å². The Morgan fingerprint density at radius 2 is 2.19 bits per heavy atom. The smallest absolute Gasteiger partial charge is 0.305 e. The van der Waals surface area contributed by atoms with Crippen LogP contribution in [0, 0.1) is 17.2 Å². The molecule has 1 fully saturated rings. The van der Waals surface area contributed by atoms with Gasteiger partial charge in [0.15, 0.2) is 5.82 Å². The largest absolute Gasteiger partial charge is 0.469 e. The maximum Gasteiger partial charge on any atom is 0.305 e. The number of aliphatic hydroxyl groups is 2. The third-order valence-electron chi connectivity index (χ3n) is 6.10.